The van der Waals surface area contributed by atoms with Gasteiger partial charge in [0.15, 0.2) is 0 Å². The molecule has 0 aliphatic carbocycles. The molecule has 8 heteroatoms. The van der Waals surface area contributed by atoms with Crippen LogP contribution in [0.1, 0.15) is 17.3 Å². The van der Waals surface area contributed by atoms with E-state index in [0.717, 1.165) is 15.9 Å². The summed E-state index contributed by atoms with van der Waals surface area (Å²) < 4.78 is 25.6. The molecule has 0 radical (unpaired) electrons. The molecule has 1 aromatic rings. The van der Waals surface area contributed by atoms with E-state index in [0.29, 0.717) is 28.7 Å². The number of carbonyl (C=O) groups excluding carboxylic acids is 1. The van der Waals surface area contributed by atoms with E-state index >= 15 is 0 Å². The fraction of sp³-hybridized carbons (Fsp3) is 0.385. The third kappa shape index (κ3) is 2.38. The number of hydrogen-bond acceptors (Lipinski definition) is 4. The standard InChI is InChI=1S/C13H12ClF2N3OS/c1-7-5-17-13-18(6-11(15)16)12(20)9-4-8(21-14)2-3-10(9)19(7)13/h2-4,7,11H,5-6H2,1H3. The fourth-order valence-corrected chi connectivity index (χ4v) is 3.18. The zero-order valence-corrected chi connectivity index (χ0v) is 12.7. The highest BCUT2D eigenvalue weighted by Crippen LogP contribution is 2.36. The summed E-state index contributed by atoms with van der Waals surface area (Å²) >= 11 is 0. The molecular weight excluding hydrogens is 320 g/mol. The minimum Gasteiger partial charge on any atom is -0.307 e. The molecule has 2 aliphatic heterocycles. The summed E-state index contributed by atoms with van der Waals surface area (Å²) in [6, 6.07) is 5.25. The van der Waals surface area contributed by atoms with Crippen molar-refractivity contribution in [3.05, 3.63) is 23.8 Å². The summed E-state index contributed by atoms with van der Waals surface area (Å²) in [5, 5.41) is 0. The van der Waals surface area contributed by atoms with E-state index in [4.69, 9.17) is 10.7 Å². The number of anilines is 1. The second kappa shape index (κ2) is 5.46. The normalized spacial score (nSPS) is 20.7. The number of benzene rings is 1. The Kier molecular flexibility index (Phi) is 3.79. The Labute approximate surface area is 129 Å². The molecular formula is C13H12ClF2N3OS. The van der Waals surface area contributed by atoms with Gasteiger partial charge in [-0.05, 0) is 46.8 Å². The van der Waals surface area contributed by atoms with Crippen molar-refractivity contribution in [3.8, 4) is 0 Å². The lowest BCUT2D eigenvalue weighted by molar-refractivity contribution is 0.0699. The number of nitrogens with zero attached hydrogens (tertiary/aromatic N) is 3. The second-order valence-corrected chi connectivity index (χ2v) is 6.01. The lowest BCUT2D eigenvalue weighted by Gasteiger charge is -2.37. The molecule has 0 spiro atoms. The molecule has 4 nitrogen and oxygen atoms in total. The predicted octanol–water partition coefficient (Wildman–Crippen LogP) is 3.22. The summed E-state index contributed by atoms with van der Waals surface area (Å²) in [4.78, 5) is 20.3. The highest BCUT2D eigenvalue weighted by atomic mass is 35.7. The summed E-state index contributed by atoms with van der Waals surface area (Å²) in [5.41, 5.74) is 1.08. The van der Waals surface area contributed by atoms with E-state index in [1.165, 1.54) is 0 Å². The quantitative estimate of drug-likeness (QED) is 0.853. The van der Waals surface area contributed by atoms with Gasteiger partial charge in [-0.2, -0.15) is 0 Å². The van der Waals surface area contributed by atoms with E-state index < -0.39 is 18.9 Å². The molecule has 0 N–H and O–H groups in total. The lowest BCUT2D eigenvalue weighted by atomic mass is 10.1. The number of rotatable bonds is 3. The summed E-state index contributed by atoms with van der Waals surface area (Å²) in [6.07, 6.45) is -2.61. The summed E-state index contributed by atoms with van der Waals surface area (Å²) in [5.74, 6) is -0.145. The highest BCUT2D eigenvalue weighted by Gasteiger charge is 2.41. The fourth-order valence-electron chi connectivity index (χ4n) is 2.61. The van der Waals surface area contributed by atoms with Gasteiger partial charge < -0.3 is 4.90 Å². The van der Waals surface area contributed by atoms with Crippen LogP contribution in [0.25, 0.3) is 0 Å². The molecule has 3 rings (SSSR count). The van der Waals surface area contributed by atoms with Gasteiger partial charge in [-0.25, -0.2) is 8.78 Å². The van der Waals surface area contributed by atoms with Gasteiger partial charge in [0.25, 0.3) is 12.3 Å². The maximum Gasteiger partial charge on any atom is 0.262 e. The van der Waals surface area contributed by atoms with E-state index in [1.54, 1.807) is 18.2 Å². The van der Waals surface area contributed by atoms with Crippen molar-refractivity contribution < 1.29 is 13.6 Å². The molecule has 112 valence electrons. The number of guanidine groups is 1. The Morgan fingerprint density at radius 1 is 1.52 bits per heavy atom. The number of aliphatic imine (C=N–C) groups is 1. The Balaban J connectivity index is 2.11. The molecule has 1 amide bonds. The predicted molar refractivity (Wildman–Crippen MR) is 79.4 cm³/mol. The molecule has 0 saturated heterocycles. The number of alkyl halides is 2. The first-order valence-electron chi connectivity index (χ1n) is 6.39. The molecule has 0 aromatic heterocycles. The van der Waals surface area contributed by atoms with Crippen LogP contribution in [0.3, 0.4) is 0 Å². The van der Waals surface area contributed by atoms with E-state index in [-0.39, 0.29) is 6.04 Å². The Morgan fingerprint density at radius 3 is 2.95 bits per heavy atom. The molecule has 0 fully saturated rings. The van der Waals surface area contributed by atoms with Crippen molar-refractivity contribution in [3.63, 3.8) is 0 Å². The second-order valence-electron chi connectivity index (χ2n) is 4.92. The Bertz CT molecular complexity index is 625. The van der Waals surface area contributed by atoms with Crippen LogP contribution in [-0.4, -0.2) is 42.3 Å². The molecule has 21 heavy (non-hydrogen) atoms. The maximum atomic E-state index is 12.8. The SMILES string of the molecule is CC1CN=C2N(CC(F)F)C(=O)c3cc(SCl)ccc3N21. The van der Waals surface area contributed by atoms with Crippen molar-refractivity contribution >= 4 is 39.2 Å². The van der Waals surface area contributed by atoms with Gasteiger partial charge in [0.05, 0.1) is 30.4 Å². The lowest BCUT2D eigenvalue weighted by Crippen LogP contribution is -2.53. The molecule has 1 unspecified atom stereocenters. The van der Waals surface area contributed by atoms with Crippen molar-refractivity contribution in [1.29, 1.82) is 0 Å². The number of halogens is 3. The number of fused-ring (bicyclic) bond motifs is 3. The van der Waals surface area contributed by atoms with Crippen LogP contribution in [0.5, 0.6) is 0 Å². The molecule has 2 aliphatic rings. The number of amides is 1. The Morgan fingerprint density at radius 2 is 2.29 bits per heavy atom. The minimum atomic E-state index is -2.61. The van der Waals surface area contributed by atoms with Crippen LogP contribution < -0.4 is 4.90 Å². The van der Waals surface area contributed by atoms with Gasteiger partial charge in [0.2, 0.25) is 5.96 Å². The number of hydrogen-bond donors (Lipinski definition) is 0. The van der Waals surface area contributed by atoms with Crippen LogP contribution in [0.15, 0.2) is 28.1 Å². The molecule has 0 saturated carbocycles. The van der Waals surface area contributed by atoms with Gasteiger partial charge in [-0.1, -0.05) is 0 Å². The third-order valence-electron chi connectivity index (χ3n) is 3.51. The molecule has 1 aromatic carbocycles. The number of carbonyl (C=O) groups is 1. The smallest absolute Gasteiger partial charge is 0.262 e. The molecule has 1 atom stereocenters. The van der Waals surface area contributed by atoms with Crippen molar-refractivity contribution in [2.45, 2.75) is 24.3 Å². The van der Waals surface area contributed by atoms with Gasteiger partial charge in [0, 0.05) is 4.90 Å². The van der Waals surface area contributed by atoms with Gasteiger partial charge in [-0.3, -0.25) is 14.7 Å². The van der Waals surface area contributed by atoms with Crippen molar-refractivity contribution in [2.24, 2.45) is 4.99 Å². The van der Waals surface area contributed by atoms with Gasteiger partial charge >= 0.3 is 0 Å². The van der Waals surface area contributed by atoms with Crippen LogP contribution in [0.4, 0.5) is 14.5 Å². The first kappa shape index (κ1) is 14.6. The monoisotopic (exact) mass is 331 g/mol. The molecule has 0 bridgehead atoms. The zero-order valence-electron chi connectivity index (χ0n) is 11.1. The maximum absolute atomic E-state index is 12.8. The first-order valence-corrected chi connectivity index (χ1v) is 8.03. The first-order chi connectivity index (χ1) is 10.0. The highest BCUT2D eigenvalue weighted by molar-refractivity contribution is 8.21. The van der Waals surface area contributed by atoms with E-state index in [2.05, 4.69) is 4.99 Å². The third-order valence-corrected chi connectivity index (χ3v) is 4.47. The Hall–Kier alpha value is -1.34. The van der Waals surface area contributed by atoms with Crippen molar-refractivity contribution in [2.75, 3.05) is 18.0 Å². The summed E-state index contributed by atoms with van der Waals surface area (Å²) in [6.45, 7) is 1.77. The van der Waals surface area contributed by atoms with Crippen molar-refractivity contribution in [1.82, 2.24) is 4.90 Å². The van der Waals surface area contributed by atoms with Crippen LogP contribution in [0, 0.1) is 0 Å². The van der Waals surface area contributed by atoms with Crippen LogP contribution >= 0.6 is 21.7 Å². The van der Waals surface area contributed by atoms with E-state index in [1.807, 2.05) is 11.8 Å². The minimum absolute atomic E-state index is 0.0292. The van der Waals surface area contributed by atoms with Gasteiger partial charge in [0.1, 0.15) is 0 Å². The topological polar surface area (TPSA) is 35.9 Å². The average Bonchev–Trinajstić information content (AvgIpc) is 2.84. The van der Waals surface area contributed by atoms with Crippen LogP contribution in [0.2, 0.25) is 0 Å². The zero-order chi connectivity index (χ0) is 15.1. The largest absolute Gasteiger partial charge is 0.307 e. The molecule has 2 heterocycles. The average molecular weight is 332 g/mol. The van der Waals surface area contributed by atoms with Gasteiger partial charge in [-0.15, -0.1) is 0 Å². The van der Waals surface area contributed by atoms with E-state index in [9.17, 15) is 13.6 Å². The summed E-state index contributed by atoms with van der Waals surface area (Å²) in [7, 11) is 6.70. The van der Waals surface area contributed by atoms with Crippen LogP contribution in [-0.2, 0) is 0 Å².